The van der Waals surface area contributed by atoms with Crippen molar-refractivity contribution in [3.63, 3.8) is 0 Å². The molecule has 0 saturated heterocycles. The fourth-order valence-electron chi connectivity index (χ4n) is 3.39. The summed E-state index contributed by atoms with van der Waals surface area (Å²) in [4.78, 5) is 0. The largest absolute Gasteiger partial charge is 0.488 e. The van der Waals surface area contributed by atoms with Gasteiger partial charge in [-0.25, -0.2) is 0 Å². The SMILES string of the molecule is OC1CCCCCC1Oc1ccc2c(c1)[C@@H](O)CCC2. The summed E-state index contributed by atoms with van der Waals surface area (Å²) in [6.45, 7) is 0. The lowest BCUT2D eigenvalue weighted by molar-refractivity contribution is 0.0317. The minimum Gasteiger partial charge on any atom is -0.488 e. The first-order chi connectivity index (χ1) is 9.74. The third-order valence-electron chi connectivity index (χ3n) is 4.61. The van der Waals surface area contributed by atoms with Crippen molar-refractivity contribution in [2.45, 2.75) is 69.7 Å². The van der Waals surface area contributed by atoms with Crippen LogP contribution in [0.4, 0.5) is 0 Å². The van der Waals surface area contributed by atoms with Gasteiger partial charge in [0.15, 0.2) is 0 Å². The quantitative estimate of drug-likeness (QED) is 0.816. The third-order valence-corrected chi connectivity index (χ3v) is 4.61. The highest BCUT2D eigenvalue weighted by atomic mass is 16.5. The number of benzene rings is 1. The van der Waals surface area contributed by atoms with Crippen LogP contribution in [0.25, 0.3) is 0 Å². The average molecular weight is 276 g/mol. The van der Waals surface area contributed by atoms with E-state index in [1.54, 1.807) is 0 Å². The fourth-order valence-corrected chi connectivity index (χ4v) is 3.39. The van der Waals surface area contributed by atoms with Crippen LogP contribution >= 0.6 is 0 Å². The zero-order valence-electron chi connectivity index (χ0n) is 11.9. The second kappa shape index (κ2) is 6.15. The lowest BCUT2D eigenvalue weighted by Crippen LogP contribution is -2.30. The molecular weight excluding hydrogens is 252 g/mol. The monoisotopic (exact) mass is 276 g/mol. The molecule has 3 atom stereocenters. The molecule has 0 amide bonds. The summed E-state index contributed by atoms with van der Waals surface area (Å²) in [7, 11) is 0. The van der Waals surface area contributed by atoms with Gasteiger partial charge in [0.05, 0.1) is 12.2 Å². The molecule has 110 valence electrons. The van der Waals surface area contributed by atoms with Gasteiger partial charge in [-0.3, -0.25) is 0 Å². The molecule has 0 aliphatic heterocycles. The summed E-state index contributed by atoms with van der Waals surface area (Å²) in [5.41, 5.74) is 2.24. The van der Waals surface area contributed by atoms with Crippen molar-refractivity contribution in [1.82, 2.24) is 0 Å². The Balaban J connectivity index is 1.75. The van der Waals surface area contributed by atoms with Crippen LogP contribution < -0.4 is 4.74 Å². The number of hydrogen-bond donors (Lipinski definition) is 2. The Labute approximate surface area is 120 Å². The molecule has 0 heterocycles. The van der Waals surface area contributed by atoms with Crippen molar-refractivity contribution in [2.75, 3.05) is 0 Å². The molecule has 2 aliphatic carbocycles. The highest BCUT2D eigenvalue weighted by Gasteiger charge is 2.24. The maximum Gasteiger partial charge on any atom is 0.124 e. The number of rotatable bonds is 2. The van der Waals surface area contributed by atoms with E-state index in [9.17, 15) is 10.2 Å². The Bertz CT molecular complexity index is 458. The van der Waals surface area contributed by atoms with E-state index >= 15 is 0 Å². The lowest BCUT2D eigenvalue weighted by atomic mass is 9.89. The Hall–Kier alpha value is -1.06. The van der Waals surface area contributed by atoms with Gasteiger partial charge in [0.1, 0.15) is 11.9 Å². The summed E-state index contributed by atoms with van der Waals surface area (Å²) in [6, 6.07) is 6.02. The molecule has 2 aliphatic rings. The molecule has 3 rings (SSSR count). The van der Waals surface area contributed by atoms with Gasteiger partial charge >= 0.3 is 0 Å². The number of aliphatic hydroxyl groups excluding tert-OH is 2. The molecular formula is C17H24O3. The van der Waals surface area contributed by atoms with E-state index in [0.29, 0.717) is 0 Å². The predicted octanol–water partition coefficient (Wildman–Crippen LogP) is 3.13. The van der Waals surface area contributed by atoms with Crippen LogP contribution in [-0.2, 0) is 6.42 Å². The zero-order valence-corrected chi connectivity index (χ0v) is 11.9. The van der Waals surface area contributed by atoms with Crippen LogP contribution in [0.2, 0.25) is 0 Å². The van der Waals surface area contributed by atoms with E-state index in [1.807, 2.05) is 12.1 Å². The molecule has 1 aromatic rings. The smallest absolute Gasteiger partial charge is 0.124 e. The first kappa shape index (κ1) is 13.9. The molecule has 3 nitrogen and oxygen atoms in total. The molecule has 3 heteroatoms. The standard InChI is InChI=1S/C17H24O3/c18-15-7-4-5-12-9-10-13(11-14(12)15)20-17-8-3-1-2-6-16(17)19/h9-11,15-19H,1-8H2/t15-,16?,17?/m0/s1. The highest BCUT2D eigenvalue weighted by molar-refractivity contribution is 5.38. The number of aliphatic hydroxyl groups is 2. The van der Waals surface area contributed by atoms with Gasteiger partial charge < -0.3 is 14.9 Å². The van der Waals surface area contributed by atoms with Gasteiger partial charge in [-0.05, 0) is 61.8 Å². The van der Waals surface area contributed by atoms with Crippen molar-refractivity contribution in [2.24, 2.45) is 0 Å². The van der Waals surface area contributed by atoms with Crippen LogP contribution in [-0.4, -0.2) is 22.4 Å². The lowest BCUT2D eigenvalue weighted by Gasteiger charge is -2.25. The Morgan fingerprint density at radius 1 is 0.950 bits per heavy atom. The third kappa shape index (κ3) is 2.99. The van der Waals surface area contributed by atoms with Crippen LogP contribution in [0.3, 0.4) is 0 Å². The van der Waals surface area contributed by atoms with Crippen molar-refractivity contribution in [1.29, 1.82) is 0 Å². The van der Waals surface area contributed by atoms with Crippen molar-refractivity contribution in [3.05, 3.63) is 29.3 Å². The zero-order chi connectivity index (χ0) is 13.9. The van der Waals surface area contributed by atoms with E-state index in [4.69, 9.17) is 4.74 Å². The van der Waals surface area contributed by atoms with Gasteiger partial charge in [-0.2, -0.15) is 0 Å². The maximum absolute atomic E-state index is 10.1. The van der Waals surface area contributed by atoms with E-state index in [-0.39, 0.29) is 18.3 Å². The Morgan fingerprint density at radius 2 is 1.80 bits per heavy atom. The second-order valence-corrected chi connectivity index (χ2v) is 6.13. The van der Waals surface area contributed by atoms with E-state index < -0.39 is 0 Å². The van der Waals surface area contributed by atoms with Crippen molar-refractivity contribution in [3.8, 4) is 5.75 Å². The predicted molar refractivity (Wildman–Crippen MR) is 77.8 cm³/mol. The first-order valence-corrected chi connectivity index (χ1v) is 7.89. The van der Waals surface area contributed by atoms with Crippen LogP contribution in [0.15, 0.2) is 18.2 Å². The van der Waals surface area contributed by atoms with Gasteiger partial charge in [-0.15, -0.1) is 0 Å². The number of aryl methyl sites for hydroxylation is 1. The molecule has 1 fully saturated rings. The first-order valence-electron chi connectivity index (χ1n) is 7.89. The molecule has 0 aromatic heterocycles. The van der Waals surface area contributed by atoms with Crippen LogP contribution in [0, 0.1) is 0 Å². The topological polar surface area (TPSA) is 49.7 Å². The molecule has 0 spiro atoms. The van der Waals surface area contributed by atoms with Gasteiger partial charge in [0.2, 0.25) is 0 Å². The van der Waals surface area contributed by atoms with Gasteiger partial charge in [-0.1, -0.05) is 18.9 Å². The van der Waals surface area contributed by atoms with Crippen LogP contribution in [0.1, 0.15) is 62.2 Å². The molecule has 2 N–H and O–H groups in total. The second-order valence-electron chi connectivity index (χ2n) is 6.13. The number of fused-ring (bicyclic) bond motifs is 1. The maximum atomic E-state index is 10.1. The molecule has 1 saturated carbocycles. The highest BCUT2D eigenvalue weighted by Crippen LogP contribution is 2.33. The normalized spacial score (nSPS) is 30.4. The van der Waals surface area contributed by atoms with Gasteiger partial charge in [0.25, 0.3) is 0 Å². The number of ether oxygens (including phenoxy) is 1. The van der Waals surface area contributed by atoms with Gasteiger partial charge in [0, 0.05) is 0 Å². The average Bonchev–Trinajstić information content (AvgIpc) is 2.65. The molecule has 0 bridgehead atoms. The van der Waals surface area contributed by atoms with Crippen LogP contribution in [0.5, 0.6) is 5.75 Å². The van der Waals surface area contributed by atoms with E-state index in [2.05, 4.69) is 6.07 Å². The summed E-state index contributed by atoms with van der Waals surface area (Å²) in [5.74, 6) is 0.788. The minimum atomic E-state index is -0.363. The molecule has 0 radical (unpaired) electrons. The minimum absolute atomic E-state index is 0.101. The Morgan fingerprint density at radius 3 is 2.70 bits per heavy atom. The summed E-state index contributed by atoms with van der Waals surface area (Å²) >= 11 is 0. The van der Waals surface area contributed by atoms with E-state index in [1.165, 1.54) is 12.0 Å². The summed E-state index contributed by atoms with van der Waals surface area (Å²) in [5, 5.41) is 20.2. The molecule has 20 heavy (non-hydrogen) atoms. The number of hydrogen-bond acceptors (Lipinski definition) is 3. The fraction of sp³-hybridized carbons (Fsp3) is 0.647. The van der Waals surface area contributed by atoms with E-state index in [0.717, 1.165) is 56.3 Å². The van der Waals surface area contributed by atoms with Crippen molar-refractivity contribution >= 4 is 0 Å². The summed E-state index contributed by atoms with van der Waals surface area (Å²) in [6.07, 6.45) is 7.24. The molecule has 2 unspecified atom stereocenters. The molecule has 1 aromatic carbocycles. The Kier molecular flexibility index (Phi) is 4.27. The van der Waals surface area contributed by atoms with Crippen molar-refractivity contribution < 1.29 is 14.9 Å². The summed E-state index contributed by atoms with van der Waals surface area (Å²) < 4.78 is 6.00.